The fourth-order valence-electron chi connectivity index (χ4n) is 0.707. The van der Waals surface area contributed by atoms with Crippen LogP contribution in [0, 0.1) is 0 Å². The van der Waals surface area contributed by atoms with E-state index in [4.69, 9.17) is 0 Å². The summed E-state index contributed by atoms with van der Waals surface area (Å²) in [5.74, 6) is 0. The van der Waals surface area contributed by atoms with Crippen LogP contribution in [0.4, 0.5) is 0 Å². The Morgan fingerprint density at radius 2 is 1.36 bits per heavy atom. The number of hydrogen-bond donors (Lipinski definition) is 0. The first-order chi connectivity index (χ1) is 4.83. The van der Waals surface area contributed by atoms with Crippen molar-refractivity contribution in [3.8, 4) is 0 Å². The van der Waals surface area contributed by atoms with E-state index in [1.807, 2.05) is 0 Å². The van der Waals surface area contributed by atoms with Gasteiger partial charge >= 0.3 is 0 Å². The Bertz CT molecular complexity index is 143. The highest BCUT2D eigenvalue weighted by atomic mass is 79.9. The minimum atomic E-state index is -2.44. The average Bonchev–Trinajstić information content (AvgIpc) is 1.84. The molecule has 0 aromatic heterocycles. The second-order valence-electron chi connectivity index (χ2n) is 2.56. The summed E-state index contributed by atoms with van der Waals surface area (Å²) in [6.07, 6.45) is 0. The van der Waals surface area contributed by atoms with Gasteiger partial charge in [-0.3, -0.25) is 4.57 Å². The van der Waals surface area contributed by atoms with Crippen LogP contribution in [0.3, 0.4) is 0 Å². The van der Waals surface area contributed by atoms with Crippen LogP contribution < -0.4 is 0 Å². The minimum Gasteiger partial charge on any atom is -0.287 e. The van der Waals surface area contributed by atoms with Crippen LogP contribution in [0.5, 0.6) is 0 Å². The summed E-state index contributed by atoms with van der Waals surface area (Å²) in [6.45, 7) is 0. The van der Waals surface area contributed by atoms with Gasteiger partial charge in [0.1, 0.15) is 3.48 Å². The number of alkyl halides is 2. The second kappa shape index (κ2) is 4.38. The summed E-state index contributed by atoms with van der Waals surface area (Å²) in [5, 5.41) is 0. The zero-order chi connectivity index (χ0) is 9.23. The lowest BCUT2D eigenvalue weighted by Crippen LogP contribution is -2.24. The van der Waals surface area contributed by atoms with Crippen molar-refractivity contribution in [2.24, 2.45) is 0 Å². The van der Waals surface area contributed by atoms with Crippen LogP contribution in [0.25, 0.3) is 0 Å². The summed E-state index contributed by atoms with van der Waals surface area (Å²) in [6, 6.07) is 0. The Balaban J connectivity index is 4.69. The Labute approximate surface area is 84.9 Å². The Morgan fingerprint density at radius 1 is 1.09 bits per heavy atom. The molecule has 0 aliphatic heterocycles. The molecule has 0 saturated heterocycles. The lowest BCUT2D eigenvalue weighted by Gasteiger charge is -2.31. The average molecular weight is 308 g/mol. The first-order valence-electron chi connectivity index (χ1n) is 3.07. The van der Waals surface area contributed by atoms with Crippen LogP contribution in [0.1, 0.15) is 0 Å². The molecule has 3 nitrogen and oxygen atoms in total. The van der Waals surface area contributed by atoms with Crippen molar-refractivity contribution in [3.63, 3.8) is 0 Å². The number of halogens is 2. The molecule has 0 aliphatic rings. The van der Waals surface area contributed by atoms with Crippen molar-refractivity contribution in [3.05, 3.63) is 0 Å². The monoisotopic (exact) mass is 306 g/mol. The summed E-state index contributed by atoms with van der Waals surface area (Å²) >= 11 is 6.54. The molecule has 68 valence electrons. The van der Waals surface area contributed by atoms with E-state index in [-0.39, 0.29) is 3.48 Å². The third kappa shape index (κ3) is 2.52. The molecule has 0 atom stereocenters. The molecule has 0 aliphatic carbocycles. The van der Waals surface area contributed by atoms with Gasteiger partial charge in [0.05, 0.1) is 0 Å². The van der Waals surface area contributed by atoms with Gasteiger partial charge in [0.2, 0.25) is 7.44 Å². The highest BCUT2D eigenvalue weighted by Gasteiger charge is 2.34. The highest BCUT2D eigenvalue weighted by molar-refractivity contribution is 9.26. The van der Waals surface area contributed by atoms with Gasteiger partial charge < -0.3 is 0 Å². The lowest BCUT2D eigenvalue weighted by atomic mass is 11.3. The van der Waals surface area contributed by atoms with Gasteiger partial charge in [-0.25, -0.2) is 9.34 Å². The fraction of sp³-hybridized carbons (Fsp3) is 1.00. The van der Waals surface area contributed by atoms with Crippen LogP contribution in [-0.2, 0) is 4.57 Å². The molecule has 0 amide bonds. The molecule has 0 saturated carbocycles. The van der Waals surface area contributed by atoms with Crippen molar-refractivity contribution >= 4 is 39.3 Å². The second-order valence-corrected chi connectivity index (χ2v) is 10.3. The lowest BCUT2D eigenvalue weighted by molar-refractivity contribution is 0.452. The molecule has 0 spiro atoms. The van der Waals surface area contributed by atoms with Gasteiger partial charge in [0.15, 0.2) is 0 Å². The minimum absolute atomic E-state index is 0.188. The zero-order valence-corrected chi connectivity index (χ0v) is 11.1. The summed E-state index contributed by atoms with van der Waals surface area (Å²) < 4.78 is 15.3. The Morgan fingerprint density at radius 3 is 1.36 bits per heavy atom. The molecular formula is C5H13Br2N2OP. The van der Waals surface area contributed by atoms with Gasteiger partial charge in [-0.05, 0) is 28.2 Å². The number of hydrogen-bond acceptors (Lipinski definition) is 1. The molecule has 0 fully saturated rings. The van der Waals surface area contributed by atoms with Gasteiger partial charge in [0.25, 0.3) is 0 Å². The summed E-state index contributed by atoms with van der Waals surface area (Å²) in [5.41, 5.74) is 0. The molecule has 0 aromatic carbocycles. The largest absolute Gasteiger partial charge is 0.287 e. The van der Waals surface area contributed by atoms with E-state index < -0.39 is 7.44 Å². The first kappa shape index (κ1) is 12.1. The predicted molar refractivity (Wildman–Crippen MR) is 56.6 cm³/mol. The highest BCUT2D eigenvalue weighted by Crippen LogP contribution is 2.58. The van der Waals surface area contributed by atoms with Crippen molar-refractivity contribution in [2.75, 3.05) is 28.2 Å². The van der Waals surface area contributed by atoms with Gasteiger partial charge in [-0.15, -0.1) is 0 Å². The van der Waals surface area contributed by atoms with E-state index in [1.165, 1.54) is 0 Å². The molecule has 0 N–H and O–H groups in total. The fourth-order valence-corrected chi connectivity index (χ4v) is 6.52. The van der Waals surface area contributed by atoms with Crippen molar-refractivity contribution in [1.29, 1.82) is 0 Å². The molecular weight excluding hydrogens is 295 g/mol. The molecule has 0 radical (unpaired) electrons. The molecule has 0 rings (SSSR count). The van der Waals surface area contributed by atoms with Crippen LogP contribution in [0.15, 0.2) is 0 Å². The van der Waals surface area contributed by atoms with E-state index in [2.05, 4.69) is 31.9 Å². The van der Waals surface area contributed by atoms with Crippen LogP contribution in [-0.4, -0.2) is 41.0 Å². The van der Waals surface area contributed by atoms with Crippen molar-refractivity contribution < 1.29 is 4.57 Å². The quantitative estimate of drug-likeness (QED) is 0.591. The Hall–Kier alpha value is 1.11. The molecule has 6 heteroatoms. The molecule has 0 heterocycles. The third-order valence-corrected chi connectivity index (χ3v) is 7.40. The topological polar surface area (TPSA) is 23.6 Å². The first-order valence-corrected chi connectivity index (χ1v) is 6.58. The summed E-state index contributed by atoms with van der Waals surface area (Å²) in [7, 11) is 4.77. The standard InChI is InChI=1S/C5H13Br2N2OP/c1-8(2)11(10,5(6)7)9(3)4/h5H,1-4H3. The normalized spacial score (nSPS) is 13.5. The van der Waals surface area contributed by atoms with Gasteiger partial charge in [-0.1, -0.05) is 31.9 Å². The van der Waals surface area contributed by atoms with Crippen LogP contribution in [0.2, 0.25) is 0 Å². The maximum atomic E-state index is 12.1. The van der Waals surface area contributed by atoms with E-state index in [1.54, 1.807) is 37.5 Å². The van der Waals surface area contributed by atoms with Crippen molar-refractivity contribution in [1.82, 2.24) is 9.34 Å². The molecule has 0 aromatic rings. The Kier molecular flexibility index (Phi) is 4.82. The van der Waals surface area contributed by atoms with E-state index in [0.29, 0.717) is 0 Å². The zero-order valence-electron chi connectivity index (χ0n) is 7.08. The molecule has 11 heavy (non-hydrogen) atoms. The maximum Gasteiger partial charge on any atom is 0.239 e. The molecule has 0 unspecified atom stereocenters. The SMILES string of the molecule is CN(C)P(=O)(C(Br)Br)N(C)C. The van der Waals surface area contributed by atoms with E-state index in [0.717, 1.165) is 0 Å². The third-order valence-electron chi connectivity index (χ3n) is 1.40. The predicted octanol–water partition coefficient (Wildman–Crippen LogP) is 2.38. The van der Waals surface area contributed by atoms with Crippen LogP contribution >= 0.6 is 39.3 Å². The smallest absolute Gasteiger partial charge is 0.239 e. The van der Waals surface area contributed by atoms with E-state index in [9.17, 15) is 4.57 Å². The summed E-state index contributed by atoms with van der Waals surface area (Å²) in [4.78, 5) is 0. The molecule has 0 bridgehead atoms. The number of nitrogens with zero attached hydrogens (tertiary/aromatic N) is 2. The van der Waals surface area contributed by atoms with Crippen molar-refractivity contribution in [2.45, 2.75) is 3.48 Å². The van der Waals surface area contributed by atoms with Gasteiger partial charge in [0, 0.05) is 0 Å². The number of rotatable bonds is 3. The van der Waals surface area contributed by atoms with E-state index >= 15 is 0 Å². The van der Waals surface area contributed by atoms with Gasteiger partial charge in [-0.2, -0.15) is 0 Å². The maximum absolute atomic E-state index is 12.1.